The lowest BCUT2D eigenvalue weighted by molar-refractivity contribution is 0.0892. The lowest BCUT2D eigenvalue weighted by Gasteiger charge is -2.28. The van der Waals surface area contributed by atoms with Crippen molar-refractivity contribution in [3.05, 3.63) is 114 Å². The third-order valence-corrected chi connectivity index (χ3v) is 9.25. The Hall–Kier alpha value is -5.88. The zero-order chi connectivity index (χ0) is 28.7. The van der Waals surface area contributed by atoms with E-state index in [1.807, 2.05) is 66.7 Å². The van der Waals surface area contributed by atoms with E-state index in [4.69, 9.17) is 4.98 Å². The van der Waals surface area contributed by atoms with Gasteiger partial charge in [-0.25, -0.2) is 9.88 Å². The van der Waals surface area contributed by atoms with Gasteiger partial charge in [0.2, 0.25) is 0 Å². The van der Waals surface area contributed by atoms with Crippen molar-refractivity contribution in [2.45, 2.75) is 6.92 Å². The molecular weight excluding hydrogens is 534 g/mol. The number of ketones is 1. The number of nitrogens with zero attached hydrogens (tertiary/aromatic N) is 3. The number of carbonyl (C=O) groups is 3. The first-order valence-electron chi connectivity index (χ1n) is 14.2. The van der Waals surface area contributed by atoms with Gasteiger partial charge >= 0.3 is 0 Å². The summed E-state index contributed by atoms with van der Waals surface area (Å²) < 4.78 is 2.15. The van der Waals surface area contributed by atoms with Gasteiger partial charge in [0.1, 0.15) is 5.82 Å². The zero-order valence-corrected chi connectivity index (χ0v) is 22.8. The number of aromatic nitrogens is 2. The number of carbonyl (C=O) groups excluding carboxylic acids is 3. The molecule has 200 valence electrons. The molecule has 0 radical (unpaired) electrons. The van der Waals surface area contributed by atoms with Crippen LogP contribution in [0.15, 0.2) is 97.1 Å². The number of Topliss-reactive ketones (excluding diaryl/α,β-unsaturated/α-hetero) is 1. The second-order valence-electron chi connectivity index (χ2n) is 11.4. The largest absolute Gasteiger partial charge is 0.294 e. The van der Waals surface area contributed by atoms with E-state index in [-0.39, 0.29) is 17.6 Å². The maximum Gasteiger partial charge on any atom is 0.265 e. The molecule has 0 unspecified atom stereocenters. The lowest BCUT2D eigenvalue weighted by atomic mass is 9.82. The topological polar surface area (TPSA) is 72.3 Å². The van der Waals surface area contributed by atoms with Crippen molar-refractivity contribution in [3.8, 4) is 17.1 Å². The SMILES string of the molecule is CC(=O)c1ccc2c3ccc4c5c(ccc(c6ccc(-c7nc8cccc9c8n7-9)c1c26)c53)C(=O)N(c1ccccc1)C4=O. The normalized spacial score (nSPS) is 13.8. The number of anilines is 1. The molecule has 10 rings (SSSR count). The molecule has 43 heavy (non-hydrogen) atoms. The molecule has 6 nitrogen and oxygen atoms in total. The van der Waals surface area contributed by atoms with E-state index in [0.717, 1.165) is 65.8 Å². The molecule has 0 saturated carbocycles. The number of imidazole rings is 1. The quantitative estimate of drug-likeness (QED) is 0.0960. The van der Waals surface area contributed by atoms with Crippen LogP contribution in [0.5, 0.6) is 0 Å². The van der Waals surface area contributed by atoms with Crippen molar-refractivity contribution < 1.29 is 14.4 Å². The van der Waals surface area contributed by atoms with Crippen LogP contribution >= 0.6 is 0 Å². The van der Waals surface area contributed by atoms with E-state index >= 15 is 0 Å². The molecule has 1 aromatic heterocycles. The maximum absolute atomic E-state index is 13.8. The fourth-order valence-corrected chi connectivity index (χ4v) is 7.41. The number of fused-ring (bicyclic) bond motifs is 3. The van der Waals surface area contributed by atoms with Crippen molar-refractivity contribution >= 4 is 77.4 Å². The summed E-state index contributed by atoms with van der Waals surface area (Å²) in [6.07, 6.45) is 0. The van der Waals surface area contributed by atoms with Crippen LogP contribution in [-0.2, 0) is 0 Å². The summed E-state index contributed by atoms with van der Waals surface area (Å²) in [5.41, 5.74) is 6.34. The Balaban J connectivity index is 1.32. The van der Waals surface area contributed by atoms with Gasteiger partial charge < -0.3 is 0 Å². The molecule has 0 fully saturated rings. The minimum Gasteiger partial charge on any atom is -0.294 e. The van der Waals surface area contributed by atoms with Crippen LogP contribution in [0.3, 0.4) is 0 Å². The highest BCUT2D eigenvalue weighted by molar-refractivity contribution is 6.43. The van der Waals surface area contributed by atoms with Crippen molar-refractivity contribution in [2.75, 3.05) is 4.90 Å². The molecule has 8 aromatic rings. The van der Waals surface area contributed by atoms with Gasteiger partial charge in [-0.05, 0) is 81.7 Å². The second-order valence-corrected chi connectivity index (χ2v) is 11.4. The first-order valence-corrected chi connectivity index (χ1v) is 14.2. The van der Waals surface area contributed by atoms with Gasteiger partial charge in [0.15, 0.2) is 5.78 Å². The number of hydrogen-bond donors (Lipinski definition) is 0. The van der Waals surface area contributed by atoms with E-state index in [0.29, 0.717) is 27.8 Å². The highest BCUT2D eigenvalue weighted by atomic mass is 16.2. The maximum atomic E-state index is 13.8. The molecule has 7 aromatic carbocycles. The summed E-state index contributed by atoms with van der Waals surface area (Å²) in [6, 6.07) is 30.9. The third kappa shape index (κ3) is 2.64. The molecule has 0 aliphatic carbocycles. The highest BCUT2D eigenvalue weighted by Crippen LogP contribution is 2.49. The monoisotopic (exact) mass is 553 g/mol. The van der Waals surface area contributed by atoms with Crippen molar-refractivity contribution in [2.24, 2.45) is 0 Å². The summed E-state index contributed by atoms with van der Waals surface area (Å²) in [5.74, 6) is 0.155. The van der Waals surface area contributed by atoms with Crippen molar-refractivity contribution in [1.29, 1.82) is 0 Å². The summed E-state index contributed by atoms with van der Waals surface area (Å²) in [7, 11) is 0. The molecule has 0 atom stereocenters. The van der Waals surface area contributed by atoms with Crippen LogP contribution in [0.2, 0.25) is 0 Å². The molecular formula is C37H19N3O3. The van der Waals surface area contributed by atoms with E-state index < -0.39 is 0 Å². The fraction of sp³-hybridized carbons (Fsp3) is 0.0270. The lowest BCUT2D eigenvalue weighted by Crippen LogP contribution is -2.40. The van der Waals surface area contributed by atoms with Crippen LogP contribution in [0.1, 0.15) is 38.0 Å². The third-order valence-electron chi connectivity index (χ3n) is 9.25. The molecule has 6 heteroatoms. The Kier molecular flexibility index (Phi) is 3.97. The minimum atomic E-state index is -0.332. The van der Waals surface area contributed by atoms with Gasteiger partial charge in [-0.1, -0.05) is 54.6 Å². The van der Waals surface area contributed by atoms with Crippen LogP contribution in [-0.4, -0.2) is 27.1 Å². The fourth-order valence-electron chi connectivity index (χ4n) is 7.41. The molecule has 0 spiro atoms. The highest BCUT2D eigenvalue weighted by Gasteiger charge is 2.36. The van der Waals surface area contributed by atoms with Crippen LogP contribution in [0, 0.1) is 0 Å². The number of benzene rings is 7. The zero-order valence-electron chi connectivity index (χ0n) is 22.8. The first-order chi connectivity index (χ1) is 21.0. The van der Waals surface area contributed by atoms with Crippen LogP contribution in [0.4, 0.5) is 5.69 Å². The number of hydrogen-bond acceptors (Lipinski definition) is 4. The average Bonchev–Trinajstić information content (AvgIpc) is 3.63. The average molecular weight is 554 g/mol. The van der Waals surface area contributed by atoms with E-state index in [1.54, 1.807) is 19.1 Å². The Labute approximate surface area is 243 Å². The van der Waals surface area contributed by atoms with Crippen LogP contribution < -0.4 is 4.90 Å². The smallest absolute Gasteiger partial charge is 0.265 e. The molecule has 0 bridgehead atoms. The van der Waals surface area contributed by atoms with Gasteiger partial charge in [0.25, 0.3) is 11.8 Å². The van der Waals surface area contributed by atoms with Gasteiger partial charge in [0, 0.05) is 33.0 Å². The molecule has 0 saturated heterocycles. The molecule has 2 amide bonds. The molecule has 3 heterocycles. The summed E-state index contributed by atoms with van der Waals surface area (Å²) in [4.78, 5) is 47.0. The Morgan fingerprint density at radius 1 is 0.605 bits per heavy atom. The van der Waals surface area contributed by atoms with E-state index in [2.05, 4.69) is 22.8 Å². The number of amides is 2. The second kappa shape index (κ2) is 7.49. The predicted molar refractivity (Wildman–Crippen MR) is 169 cm³/mol. The first kappa shape index (κ1) is 22.8. The predicted octanol–water partition coefficient (Wildman–Crippen LogP) is 8.06. The number of rotatable bonds is 3. The Bertz CT molecular complexity index is 2560. The summed E-state index contributed by atoms with van der Waals surface area (Å²) >= 11 is 0. The van der Waals surface area contributed by atoms with Crippen LogP contribution in [0.25, 0.3) is 71.2 Å². The van der Waals surface area contributed by atoms with Gasteiger partial charge in [0.05, 0.1) is 22.4 Å². The number of imide groups is 1. The van der Waals surface area contributed by atoms with Crippen molar-refractivity contribution in [3.63, 3.8) is 0 Å². The van der Waals surface area contributed by atoms with E-state index in [9.17, 15) is 14.4 Å². The molecule has 2 aliphatic heterocycles. The molecule has 2 aliphatic rings. The summed E-state index contributed by atoms with van der Waals surface area (Å²) in [6.45, 7) is 1.60. The van der Waals surface area contributed by atoms with Gasteiger partial charge in [-0.2, -0.15) is 0 Å². The van der Waals surface area contributed by atoms with Gasteiger partial charge in [-0.15, -0.1) is 0 Å². The standard InChI is InChI=1S/C37H19N3O3/c1-18(41)20-10-11-21-23-13-16-26-33-27(37(43)39(36(26)42)19-6-3-2-4-7-19)17-14-24(32(23)33)22-12-15-25(30(20)31(21)22)35-38-28-8-5-9-29-34(28)40(29)35/h2-17H,1H3. The summed E-state index contributed by atoms with van der Waals surface area (Å²) in [5, 5.41) is 7.26. The van der Waals surface area contributed by atoms with Crippen molar-refractivity contribution in [1.82, 2.24) is 9.55 Å². The Morgan fingerprint density at radius 3 is 1.81 bits per heavy atom. The minimum absolute atomic E-state index is 0.0150. The molecule has 0 N–H and O–H groups in total. The van der Waals surface area contributed by atoms with Gasteiger partial charge in [-0.3, -0.25) is 19.0 Å². The van der Waals surface area contributed by atoms with E-state index in [1.165, 1.54) is 4.90 Å². The number of para-hydroxylation sites is 2. The Morgan fingerprint density at radius 2 is 1.21 bits per heavy atom.